The molecule has 0 aliphatic rings. The molecule has 8 heteroatoms. The highest BCUT2D eigenvalue weighted by Crippen LogP contribution is 2.11. The van der Waals surface area contributed by atoms with Crippen LogP contribution in [0.4, 0.5) is 0 Å². The van der Waals surface area contributed by atoms with Gasteiger partial charge in [0.05, 0.1) is 17.9 Å². The lowest BCUT2D eigenvalue weighted by Crippen LogP contribution is -2.50. The number of unbranched alkanes of at least 4 members (excludes halogenated alkanes) is 14. The Morgan fingerprint density at radius 2 is 1.09 bits per heavy atom. The Labute approximate surface area is 263 Å². The van der Waals surface area contributed by atoms with E-state index in [0.717, 1.165) is 64.2 Å². The molecule has 4 N–H and O–H groups in total. The molecule has 43 heavy (non-hydrogen) atoms. The van der Waals surface area contributed by atoms with E-state index in [0.29, 0.717) is 12.8 Å². The summed E-state index contributed by atoms with van der Waals surface area (Å²) >= 11 is 0. The first-order chi connectivity index (χ1) is 20.7. The summed E-state index contributed by atoms with van der Waals surface area (Å²) in [6, 6.07) is -1.26. The van der Waals surface area contributed by atoms with Crippen LogP contribution in [-0.4, -0.2) is 53.1 Å². The molecule has 0 fully saturated rings. The summed E-state index contributed by atoms with van der Waals surface area (Å²) in [7, 11) is -4.45. The third-order valence-electron chi connectivity index (χ3n) is 7.29. The minimum atomic E-state index is -4.45. The highest BCUT2D eigenvalue weighted by Gasteiger charge is 2.27. The summed E-state index contributed by atoms with van der Waals surface area (Å²) in [4.78, 5) is 12.5. The van der Waals surface area contributed by atoms with Gasteiger partial charge in [0, 0.05) is 0 Å². The Balaban J connectivity index is 4.24. The van der Waals surface area contributed by atoms with Gasteiger partial charge in [-0.3, -0.25) is 9.35 Å². The van der Waals surface area contributed by atoms with Gasteiger partial charge >= 0.3 is 0 Å². The number of aliphatic hydroxyl groups is 2. The normalized spacial score (nSPS) is 14.8. The lowest BCUT2D eigenvalue weighted by Gasteiger charge is -2.22. The van der Waals surface area contributed by atoms with Crippen LogP contribution >= 0.6 is 0 Å². The van der Waals surface area contributed by atoms with Gasteiger partial charge in [0.2, 0.25) is 5.91 Å². The number of nitrogens with one attached hydrogen (secondary N) is 1. The van der Waals surface area contributed by atoms with Crippen molar-refractivity contribution in [3.05, 3.63) is 48.6 Å². The van der Waals surface area contributed by atoms with E-state index in [4.69, 9.17) is 0 Å². The molecule has 0 radical (unpaired) electrons. The molecule has 0 aliphatic carbocycles. The molecule has 0 saturated carbocycles. The van der Waals surface area contributed by atoms with Crippen LogP contribution in [0.1, 0.15) is 142 Å². The molecule has 0 bridgehead atoms. The standard InChI is InChI=1S/C35H63NO6S/c1-3-5-7-9-11-13-15-16-17-18-20-22-24-26-28-30-34(38)35(39)36-32(31-43(40,41)42)33(37)29-27-25-23-21-19-14-12-10-8-6-4-2/h8,10,17-19,21,27,29,32-34,37-38H,3-7,9,11-16,20,22-26,28,30-31H2,1-2H3,(H,36,39)(H,40,41,42)/b10-8+,18-17-,21-19+,29-27+. The fourth-order valence-corrected chi connectivity index (χ4v) is 5.40. The second-order valence-corrected chi connectivity index (χ2v) is 13.1. The number of allylic oxidation sites excluding steroid dienone is 7. The zero-order valence-electron chi connectivity index (χ0n) is 27.2. The monoisotopic (exact) mass is 625 g/mol. The maximum absolute atomic E-state index is 12.5. The van der Waals surface area contributed by atoms with E-state index in [9.17, 15) is 28.0 Å². The quantitative estimate of drug-likeness (QED) is 0.0378. The van der Waals surface area contributed by atoms with Crippen LogP contribution in [0, 0.1) is 0 Å². The minimum Gasteiger partial charge on any atom is -0.387 e. The van der Waals surface area contributed by atoms with E-state index in [1.165, 1.54) is 51.0 Å². The van der Waals surface area contributed by atoms with Gasteiger partial charge in [-0.25, -0.2) is 0 Å². The van der Waals surface area contributed by atoms with Crippen molar-refractivity contribution in [2.24, 2.45) is 0 Å². The fraction of sp³-hybridized carbons (Fsp3) is 0.743. The zero-order chi connectivity index (χ0) is 32.0. The Morgan fingerprint density at radius 3 is 1.63 bits per heavy atom. The van der Waals surface area contributed by atoms with Crippen LogP contribution in [0.3, 0.4) is 0 Å². The van der Waals surface area contributed by atoms with Crippen molar-refractivity contribution in [1.29, 1.82) is 0 Å². The second kappa shape index (κ2) is 29.0. The van der Waals surface area contributed by atoms with Gasteiger partial charge < -0.3 is 15.5 Å². The topological polar surface area (TPSA) is 124 Å². The van der Waals surface area contributed by atoms with Gasteiger partial charge in [-0.1, -0.05) is 127 Å². The van der Waals surface area contributed by atoms with Gasteiger partial charge in [0.1, 0.15) is 6.10 Å². The number of aliphatic hydroxyl groups excluding tert-OH is 2. The Morgan fingerprint density at radius 1 is 0.628 bits per heavy atom. The Bertz CT molecular complexity index is 881. The van der Waals surface area contributed by atoms with Crippen molar-refractivity contribution in [2.75, 3.05) is 5.75 Å². The molecular formula is C35H63NO6S. The van der Waals surface area contributed by atoms with Crippen molar-refractivity contribution in [1.82, 2.24) is 5.32 Å². The first-order valence-corrected chi connectivity index (χ1v) is 18.6. The first-order valence-electron chi connectivity index (χ1n) is 16.9. The summed E-state index contributed by atoms with van der Waals surface area (Å²) in [5.74, 6) is -1.58. The average molecular weight is 626 g/mol. The number of rotatable bonds is 29. The third kappa shape index (κ3) is 28.8. The number of hydrogen-bond acceptors (Lipinski definition) is 5. The van der Waals surface area contributed by atoms with E-state index in [1.54, 1.807) is 6.08 Å². The Hall–Kier alpha value is -1.74. The van der Waals surface area contributed by atoms with Crippen LogP contribution in [0.5, 0.6) is 0 Å². The Kier molecular flexibility index (Phi) is 27.8. The molecule has 0 aromatic rings. The summed E-state index contributed by atoms with van der Waals surface area (Å²) in [5.41, 5.74) is 0. The van der Waals surface area contributed by atoms with E-state index in [-0.39, 0.29) is 6.42 Å². The van der Waals surface area contributed by atoms with Crippen LogP contribution in [-0.2, 0) is 14.9 Å². The molecule has 250 valence electrons. The van der Waals surface area contributed by atoms with Crippen molar-refractivity contribution >= 4 is 16.0 Å². The molecule has 3 unspecified atom stereocenters. The number of carbonyl (C=O) groups excluding carboxylic acids is 1. The molecule has 0 rings (SSSR count). The van der Waals surface area contributed by atoms with Crippen molar-refractivity contribution in [3.8, 4) is 0 Å². The molecule has 1 amide bonds. The lowest BCUT2D eigenvalue weighted by atomic mass is 10.1. The lowest BCUT2D eigenvalue weighted by molar-refractivity contribution is -0.130. The van der Waals surface area contributed by atoms with Crippen LogP contribution < -0.4 is 5.32 Å². The van der Waals surface area contributed by atoms with Crippen molar-refractivity contribution < 1.29 is 28.0 Å². The largest absolute Gasteiger partial charge is 0.387 e. The predicted octanol–water partition coefficient (Wildman–Crippen LogP) is 8.15. The average Bonchev–Trinajstić information content (AvgIpc) is 2.96. The molecular weight excluding hydrogens is 562 g/mol. The van der Waals surface area contributed by atoms with Gasteiger partial charge in [-0.2, -0.15) is 8.42 Å². The number of amides is 1. The van der Waals surface area contributed by atoms with Crippen LogP contribution in [0.2, 0.25) is 0 Å². The molecule has 0 aromatic heterocycles. The first kappa shape index (κ1) is 41.3. The maximum atomic E-state index is 12.5. The maximum Gasteiger partial charge on any atom is 0.267 e. The van der Waals surface area contributed by atoms with E-state index < -0.39 is 40.0 Å². The van der Waals surface area contributed by atoms with Gasteiger partial charge in [-0.15, -0.1) is 0 Å². The molecule has 0 aliphatic heterocycles. The molecule has 0 aromatic carbocycles. The summed E-state index contributed by atoms with van der Waals surface area (Å²) in [6.07, 6.45) is 34.6. The van der Waals surface area contributed by atoms with Crippen molar-refractivity contribution in [3.63, 3.8) is 0 Å². The minimum absolute atomic E-state index is 0.255. The number of hydrogen-bond donors (Lipinski definition) is 4. The van der Waals surface area contributed by atoms with Gasteiger partial charge in [0.25, 0.3) is 10.1 Å². The third-order valence-corrected chi connectivity index (χ3v) is 8.07. The van der Waals surface area contributed by atoms with E-state index in [1.807, 2.05) is 0 Å². The van der Waals surface area contributed by atoms with Gasteiger partial charge in [0.15, 0.2) is 0 Å². The van der Waals surface area contributed by atoms with E-state index in [2.05, 4.69) is 55.6 Å². The molecule has 0 heterocycles. The summed E-state index contributed by atoms with van der Waals surface area (Å²) < 4.78 is 32.3. The molecule has 0 saturated heterocycles. The van der Waals surface area contributed by atoms with Crippen LogP contribution in [0.15, 0.2) is 48.6 Å². The molecule has 0 spiro atoms. The molecule has 3 atom stereocenters. The SMILES string of the molecule is CCC/C=C/CC/C=C/CC/C=C/C(O)C(CS(=O)(=O)O)NC(=O)C(O)CCCCCC/C=C\CCCCCCCCC. The second-order valence-electron chi connectivity index (χ2n) is 11.6. The predicted molar refractivity (Wildman–Crippen MR) is 181 cm³/mol. The summed E-state index contributed by atoms with van der Waals surface area (Å²) in [6.45, 7) is 4.39. The van der Waals surface area contributed by atoms with E-state index >= 15 is 0 Å². The highest BCUT2D eigenvalue weighted by atomic mass is 32.2. The molecule has 7 nitrogen and oxygen atoms in total. The number of carbonyl (C=O) groups is 1. The van der Waals surface area contributed by atoms with Crippen LogP contribution in [0.25, 0.3) is 0 Å². The van der Waals surface area contributed by atoms with Gasteiger partial charge in [-0.05, 0) is 64.2 Å². The zero-order valence-corrected chi connectivity index (χ0v) is 28.0. The summed E-state index contributed by atoms with van der Waals surface area (Å²) in [5, 5.41) is 23.2. The van der Waals surface area contributed by atoms with Crippen molar-refractivity contribution in [2.45, 2.75) is 161 Å². The highest BCUT2D eigenvalue weighted by molar-refractivity contribution is 7.85. The smallest absolute Gasteiger partial charge is 0.267 e. The fourth-order valence-electron chi connectivity index (χ4n) is 4.66.